The largest absolute Gasteiger partial charge is 0.480 e. The van der Waals surface area contributed by atoms with Gasteiger partial charge in [-0.05, 0) is 20.3 Å². The number of amides is 1. The van der Waals surface area contributed by atoms with Crippen molar-refractivity contribution in [1.29, 1.82) is 0 Å². The van der Waals surface area contributed by atoms with E-state index in [1.54, 1.807) is 13.8 Å². The maximum atomic E-state index is 11.9. The fraction of sp³-hybridized carbons (Fsp3) is 0.750. The SMILES string of the molecule is CCC(C)(C)OC(=O)N1CCC(=O)C[C@@H]1C(=O)O. The summed E-state index contributed by atoms with van der Waals surface area (Å²) in [6.07, 6.45) is 0.00724. The monoisotopic (exact) mass is 257 g/mol. The Kier molecular flexibility index (Phi) is 4.32. The van der Waals surface area contributed by atoms with Gasteiger partial charge in [-0.15, -0.1) is 0 Å². The lowest BCUT2D eigenvalue weighted by Crippen LogP contribution is -2.52. The van der Waals surface area contributed by atoms with Crippen molar-refractivity contribution in [3.05, 3.63) is 0 Å². The van der Waals surface area contributed by atoms with Crippen molar-refractivity contribution >= 4 is 17.8 Å². The number of Topliss-reactive ketones (excluding diaryl/α,β-unsaturated/α-hetero) is 1. The van der Waals surface area contributed by atoms with Gasteiger partial charge in [-0.3, -0.25) is 9.69 Å². The highest BCUT2D eigenvalue weighted by atomic mass is 16.6. The van der Waals surface area contributed by atoms with Crippen LogP contribution < -0.4 is 0 Å². The summed E-state index contributed by atoms with van der Waals surface area (Å²) in [6, 6.07) is -1.11. The van der Waals surface area contributed by atoms with Crippen LogP contribution in [-0.4, -0.2) is 46.0 Å². The lowest BCUT2D eigenvalue weighted by molar-refractivity contribution is -0.147. The Balaban J connectivity index is 2.76. The van der Waals surface area contributed by atoms with Crippen LogP contribution in [0.3, 0.4) is 0 Å². The van der Waals surface area contributed by atoms with Crippen molar-refractivity contribution in [3.8, 4) is 0 Å². The summed E-state index contributed by atoms with van der Waals surface area (Å²) in [4.78, 5) is 35.3. The topological polar surface area (TPSA) is 83.9 Å². The van der Waals surface area contributed by atoms with E-state index >= 15 is 0 Å². The number of piperidine rings is 1. The standard InChI is InChI=1S/C12H19NO5/c1-4-12(2,3)18-11(17)13-6-5-8(14)7-9(13)10(15)16/h9H,4-7H2,1-3H3,(H,15,16)/t9-/m1/s1. The molecular weight excluding hydrogens is 238 g/mol. The summed E-state index contributed by atoms with van der Waals surface area (Å²) < 4.78 is 5.25. The van der Waals surface area contributed by atoms with E-state index in [1.165, 1.54) is 0 Å². The number of carboxylic acid groups (broad SMARTS) is 1. The summed E-state index contributed by atoms with van der Waals surface area (Å²) in [5.41, 5.74) is -0.637. The minimum atomic E-state index is -1.17. The van der Waals surface area contributed by atoms with E-state index in [9.17, 15) is 14.4 Å². The molecular formula is C12H19NO5. The summed E-state index contributed by atoms with van der Waals surface area (Å²) in [7, 11) is 0. The number of carbonyl (C=O) groups is 3. The molecule has 0 bridgehead atoms. The van der Waals surface area contributed by atoms with Crippen molar-refractivity contribution in [2.75, 3.05) is 6.54 Å². The maximum Gasteiger partial charge on any atom is 0.411 e. The summed E-state index contributed by atoms with van der Waals surface area (Å²) in [5, 5.41) is 9.03. The van der Waals surface area contributed by atoms with Gasteiger partial charge in [0.15, 0.2) is 0 Å². The third-order valence-electron chi connectivity index (χ3n) is 3.16. The molecule has 1 heterocycles. The predicted molar refractivity (Wildman–Crippen MR) is 63.2 cm³/mol. The third kappa shape index (κ3) is 3.45. The summed E-state index contributed by atoms with van der Waals surface area (Å²) in [6.45, 7) is 5.50. The molecule has 0 aromatic carbocycles. The Hall–Kier alpha value is -1.59. The fourth-order valence-corrected chi connectivity index (χ4v) is 1.64. The Morgan fingerprint density at radius 2 is 2.11 bits per heavy atom. The Morgan fingerprint density at radius 1 is 1.50 bits per heavy atom. The molecule has 0 spiro atoms. The van der Waals surface area contributed by atoms with E-state index in [4.69, 9.17) is 9.84 Å². The molecule has 1 amide bonds. The predicted octanol–water partition coefficient (Wildman–Crippen LogP) is 1.43. The molecule has 6 heteroatoms. The molecule has 0 aromatic rings. The maximum absolute atomic E-state index is 11.9. The van der Waals surface area contributed by atoms with Crippen molar-refractivity contribution in [2.24, 2.45) is 0 Å². The molecule has 0 radical (unpaired) electrons. The number of rotatable bonds is 3. The Bertz CT molecular complexity index is 363. The first-order valence-electron chi connectivity index (χ1n) is 6.01. The molecule has 18 heavy (non-hydrogen) atoms. The van der Waals surface area contributed by atoms with Gasteiger partial charge < -0.3 is 9.84 Å². The van der Waals surface area contributed by atoms with Gasteiger partial charge in [0.05, 0.1) is 0 Å². The molecule has 1 aliphatic rings. The van der Waals surface area contributed by atoms with E-state index in [-0.39, 0.29) is 25.2 Å². The quantitative estimate of drug-likeness (QED) is 0.826. The molecule has 1 N–H and O–H groups in total. The van der Waals surface area contributed by atoms with Gasteiger partial charge in [0, 0.05) is 19.4 Å². The molecule has 0 unspecified atom stereocenters. The fourth-order valence-electron chi connectivity index (χ4n) is 1.64. The molecule has 0 aromatic heterocycles. The number of ketones is 1. The second-order valence-corrected chi connectivity index (χ2v) is 5.02. The molecule has 1 fully saturated rings. The zero-order valence-electron chi connectivity index (χ0n) is 10.9. The first-order chi connectivity index (χ1) is 8.26. The smallest absolute Gasteiger partial charge is 0.411 e. The molecule has 0 saturated carbocycles. The Morgan fingerprint density at radius 3 is 2.61 bits per heavy atom. The van der Waals surface area contributed by atoms with Crippen molar-refractivity contribution < 1.29 is 24.2 Å². The van der Waals surface area contributed by atoms with Crippen LogP contribution in [0.5, 0.6) is 0 Å². The van der Waals surface area contributed by atoms with E-state index in [0.717, 1.165) is 4.90 Å². The van der Waals surface area contributed by atoms with Gasteiger partial charge in [0.1, 0.15) is 17.4 Å². The van der Waals surface area contributed by atoms with Crippen LogP contribution in [0, 0.1) is 0 Å². The van der Waals surface area contributed by atoms with E-state index in [1.807, 2.05) is 6.92 Å². The molecule has 1 rings (SSSR count). The van der Waals surface area contributed by atoms with E-state index in [2.05, 4.69) is 0 Å². The van der Waals surface area contributed by atoms with Crippen molar-refractivity contribution in [1.82, 2.24) is 4.90 Å². The average Bonchev–Trinajstić information content (AvgIpc) is 2.28. The second kappa shape index (κ2) is 5.37. The van der Waals surface area contributed by atoms with Crippen molar-refractivity contribution in [2.45, 2.75) is 51.7 Å². The molecule has 0 aliphatic carbocycles. The number of hydrogen-bond acceptors (Lipinski definition) is 4. The normalized spacial score (nSPS) is 20.7. The number of hydrogen-bond donors (Lipinski definition) is 1. The number of likely N-dealkylation sites (tertiary alicyclic amines) is 1. The molecule has 1 atom stereocenters. The van der Waals surface area contributed by atoms with Gasteiger partial charge in [-0.1, -0.05) is 6.92 Å². The van der Waals surface area contributed by atoms with E-state index < -0.39 is 23.7 Å². The highest BCUT2D eigenvalue weighted by molar-refractivity contribution is 5.90. The van der Waals surface area contributed by atoms with Gasteiger partial charge >= 0.3 is 12.1 Å². The van der Waals surface area contributed by atoms with Gasteiger partial charge in [-0.25, -0.2) is 9.59 Å². The molecule has 6 nitrogen and oxygen atoms in total. The second-order valence-electron chi connectivity index (χ2n) is 5.02. The van der Waals surface area contributed by atoms with Gasteiger partial charge in [-0.2, -0.15) is 0 Å². The minimum absolute atomic E-state index is 0.106. The van der Waals surface area contributed by atoms with Crippen LogP contribution in [0.4, 0.5) is 4.79 Å². The first kappa shape index (κ1) is 14.5. The Labute approximate surface area is 106 Å². The van der Waals surface area contributed by atoms with Crippen LogP contribution in [0.15, 0.2) is 0 Å². The highest BCUT2D eigenvalue weighted by Gasteiger charge is 2.37. The van der Waals surface area contributed by atoms with Crippen LogP contribution in [-0.2, 0) is 14.3 Å². The number of aliphatic carboxylic acids is 1. The number of nitrogens with zero attached hydrogens (tertiary/aromatic N) is 1. The van der Waals surface area contributed by atoms with Crippen molar-refractivity contribution in [3.63, 3.8) is 0 Å². The zero-order chi connectivity index (χ0) is 13.9. The number of carboxylic acids is 1. The molecule has 1 saturated heterocycles. The van der Waals surface area contributed by atoms with Crippen LogP contribution in [0.25, 0.3) is 0 Å². The van der Waals surface area contributed by atoms with Crippen LogP contribution in [0.2, 0.25) is 0 Å². The van der Waals surface area contributed by atoms with Gasteiger partial charge in [0.25, 0.3) is 0 Å². The molecule has 102 valence electrons. The lowest BCUT2D eigenvalue weighted by atomic mass is 10.0. The van der Waals surface area contributed by atoms with Crippen LogP contribution >= 0.6 is 0 Å². The number of ether oxygens (including phenoxy) is 1. The van der Waals surface area contributed by atoms with Crippen LogP contribution in [0.1, 0.15) is 40.0 Å². The first-order valence-corrected chi connectivity index (χ1v) is 6.01. The summed E-state index contributed by atoms with van der Waals surface area (Å²) >= 11 is 0. The minimum Gasteiger partial charge on any atom is -0.480 e. The van der Waals surface area contributed by atoms with E-state index in [0.29, 0.717) is 6.42 Å². The summed E-state index contributed by atoms with van der Waals surface area (Å²) in [5.74, 6) is -1.31. The lowest BCUT2D eigenvalue weighted by Gasteiger charge is -2.34. The zero-order valence-corrected chi connectivity index (χ0v) is 10.9. The third-order valence-corrected chi connectivity index (χ3v) is 3.16. The molecule has 1 aliphatic heterocycles. The van der Waals surface area contributed by atoms with Gasteiger partial charge in [0.2, 0.25) is 0 Å². The number of carbonyl (C=O) groups excluding carboxylic acids is 2. The highest BCUT2D eigenvalue weighted by Crippen LogP contribution is 2.20. The average molecular weight is 257 g/mol.